The molecule has 0 saturated heterocycles. The summed E-state index contributed by atoms with van der Waals surface area (Å²) < 4.78 is 27.5. The number of aliphatic imine (C=N–C) groups is 1. The number of fused-ring (bicyclic) bond motifs is 1. The molecule has 0 radical (unpaired) electrons. The third-order valence-corrected chi connectivity index (χ3v) is 4.91. The first-order chi connectivity index (χ1) is 12.8. The number of hydrogen-bond donors (Lipinski definition) is 2. The molecule has 1 atom stereocenters. The maximum atomic E-state index is 12.2. The minimum Gasteiger partial charge on any atom is -0.462 e. The van der Waals surface area contributed by atoms with Gasteiger partial charge in [-0.1, -0.05) is 0 Å². The topological polar surface area (TPSA) is 128 Å². The van der Waals surface area contributed by atoms with Crippen molar-refractivity contribution in [2.45, 2.75) is 17.7 Å². The van der Waals surface area contributed by atoms with Crippen LogP contribution < -0.4 is 10.5 Å². The van der Waals surface area contributed by atoms with Gasteiger partial charge < -0.3 is 10.1 Å². The fourth-order valence-electron chi connectivity index (χ4n) is 2.66. The van der Waals surface area contributed by atoms with Gasteiger partial charge in [-0.05, 0) is 55.0 Å². The van der Waals surface area contributed by atoms with Crippen LogP contribution in [-0.2, 0) is 19.6 Å². The van der Waals surface area contributed by atoms with Crippen LogP contribution in [0.15, 0.2) is 52.4 Å². The first-order valence-corrected chi connectivity index (χ1v) is 9.63. The van der Waals surface area contributed by atoms with Crippen molar-refractivity contribution in [3.05, 3.63) is 53.6 Å². The van der Waals surface area contributed by atoms with Gasteiger partial charge >= 0.3 is 5.97 Å². The number of sulfonamides is 1. The van der Waals surface area contributed by atoms with Gasteiger partial charge in [0.1, 0.15) is 5.92 Å². The highest BCUT2D eigenvalue weighted by molar-refractivity contribution is 7.89. The number of carbonyl (C=O) groups excluding carboxylic acids is 2. The molecule has 140 valence electrons. The molecule has 1 unspecified atom stereocenters. The van der Waals surface area contributed by atoms with Crippen molar-refractivity contribution >= 4 is 39.5 Å². The average molecular weight is 387 g/mol. The number of anilines is 1. The second-order valence-corrected chi connectivity index (χ2v) is 7.37. The van der Waals surface area contributed by atoms with Gasteiger partial charge in [-0.15, -0.1) is 0 Å². The van der Waals surface area contributed by atoms with Crippen molar-refractivity contribution in [1.82, 2.24) is 0 Å². The molecule has 1 aliphatic rings. The Labute approximate surface area is 156 Å². The molecule has 9 heteroatoms. The zero-order valence-corrected chi connectivity index (χ0v) is 15.2. The summed E-state index contributed by atoms with van der Waals surface area (Å²) in [7, 11) is -3.78. The minimum absolute atomic E-state index is 0.0236. The van der Waals surface area contributed by atoms with Crippen molar-refractivity contribution in [2.75, 3.05) is 11.9 Å². The number of nitrogens with zero attached hydrogens (tertiary/aromatic N) is 1. The van der Waals surface area contributed by atoms with E-state index in [1.807, 2.05) is 0 Å². The van der Waals surface area contributed by atoms with Crippen LogP contribution in [-0.4, -0.2) is 33.1 Å². The highest BCUT2D eigenvalue weighted by Crippen LogP contribution is 2.33. The molecule has 2 aromatic rings. The van der Waals surface area contributed by atoms with E-state index in [4.69, 9.17) is 9.88 Å². The predicted octanol–water partition coefficient (Wildman–Crippen LogP) is 1.95. The smallest absolute Gasteiger partial charge is 0.338 e. The largest absolute Gasteiger partial charge is 0.462 e. The maximum Gasteiger partial charge on any atom is 0.338 e. The van der Waals surface area contributed by atoms with Gasteiger partial charge in [0.2, 0.25) is 15.9 Å². The summed E-state index contributed by atoms with van der Waals surface area (Å²) in [6.07, 6.45) is 1.45. The molecule has 1 heterocycles. The Morgan fingerprint density at radius 3 is 2.59 bits per heavy atom. The van der Waals surface area contributed by atoms with Crippen LogP contribution in [0, 0.1) is 0 Å². The Bertz CT molecular complexity index is 1030. The molecule has 0 aliphatic carbocycles. The number of nitrogens with two attached hydrogens (primary N) is 1. The lowest BCUT2D eigenvalue weighted by Gasteiger charge is -2.06. The quantitative estimate of drug-likeness (QED) is 0.599. The summed E-state index contributed by atoms with van der Waals surface area (Å²) in [5, 5.41) is 7.79. The second-order valence-electron chi connectivity index (χ2n) is 5.81. The third-order valence-electron chi connectivity index (χ3n) is 3.98. The summed E-state index contributed by atoms with van der Waals surface area (Å²) in [4.78, 5) is 28.3. The van der Waals surface area contributed by atoms with E-state index in [2.05, 4.69) is 10.3 Å². The number of amides is 1. The molecule has 1 aliphatic heterocycles. The van der Waals surface area contributed by atoms with Crippen LogP contribution in [0.5, 0.6) is 0 Å². The molecule has 1 amide bonds. The molecule has 0 saturated carbocycles. The van der Waals surface area contributed by atoms with E-state index < -0.39 is 21.9 Å². The first kappa shape index (κ1) is 18.7. The number of nitrogens with one attached hydrogen (secondary N) is 1. The van der Waals surface area contributed by atoms with Crippen molar-refractivity contribution in [2.24, 2.45) is 10.1 Å². The van der Waals surface area contributed by atoms with Gasteiger partial charge in [0.05, 0.1) is 22.8 Å². The van der Waals surface area contributed by atoms with Crippen LogP contribution >= 0.6 is 0 Å². The standard InChI is InChI=1S/C18H17N3O5S/c1-2-26-18(23)11-3-8-16-14(9-11)15(17(22)21-16)10-20-12-4-6-13(7-5-12)27(19,24)25/h3-10,15H,2H2,1H3,(H,21,22)(H2,19,24,25). The number of rotatable bonds is 5. The molecule has 27 heavy (non-hydrogen) atoms. The molecule has 0 spiro atoms. The highest BCUT2D eigenvalue weighted by Gasteiger charge is 2.30. The Morgan fingerprint density at radius 1 is 1.26 bits per heavy atom. The molecular weight excluding hydrogens is 370 g/mol. The third kappa shape index (κ3) is 4.04. The molecule has 8 nitrogen and oxygen atoms in total. The van der Waals surface area contributed by atoms with E-state index in [1.54, 1.807) is 25.1 Å². The summed E-state index contributed by atoms with van der Waals surface area (Å²) in [5.41, 5.74) is 2.04. The summed E-state index contributed by atoms with van der Waals surface area (Å²) >= 11 is 0. The van der Waals surface area contributed by atoms with E-state index in [0.29, 0.717) is 22.5 Å². The van der Waals surface area contributed by atoms with E-state index in [1.165, 1.54) is 30.5 Å². The fourth-order valence-corrected chi connectivity index (χ4v) is 3.17. The lowest BCUT2D eigenvalue weighted by atomic mass is 9.99. The average Bonchev–Trinajstić information content (AvgIpc) is 2.94. The normalized spacial score (nSPS) is 16.2. The predicted molar refractivity (Wildman–Crippen MR) is 99.7 cm³/mol. The SMILES string of the molecule is CCOC(=O)c1ccc2c(c1)C(C=Nc1ccc(S(N)(=O)=O)cc1)C(=O)N2. The summed E-state index contributed by atoms with van der Waals surface area (Å²) in [6.45, 7) is 1.97. The minimum atomic E-state index is -3.78. The van der Waals surface area contributed by atoms with Crippen molar-refractivity contribution in [1.29, 1.82) is 0 Å². The lowest BCUT2D eigenvalue weighted by Crippen LogP contribution is -2.13. The number of primary sulfonamides is 1. The van der Waals surface area contributed by atoms with Crippen LogP contribution in [0.2, 0.25) is 0 Å². The highest BCUT2D eigenvalue weighted by atomic mass is 32.2. The van der Waals surface area contributed by atoms with Gasteiger partial charge in [0, 0.05) is 11.9 Å². The summed E-state index contributed by atoms with van der Waals surface area (Å²) in [6, 6.07) is 10.5. The lowest BCUT2D eigenvalue weighted by molar-refractivity contribution is -0.115. The molecule has 3 rings (SSSR count). The van der Waals surface area contributed by atoms with Crippen LogP contribution in [0.25, 0.3) is 0 Å². The number of esters is 1. The van der Waals surface area contributed by atoms with E-state index in [0.717, 1.165) is 0 Å². The molecule has 0 fully saturated rings. The van der Waals surface area contributed by atoms with Crippen molar-refractivity contribution in [3.63, 3.8) is 0 Å². The van der Waals surface area contributed by atoms with E-state index in [9.17, 15) is 18.0 Å². The molecular formula is C18H17N3O5S. The molecule has 0 bridgehead atoms. The zero-order valence-electron chi connectivity index (χ0n) is 14.4. The van der Waals surface area contributed by atoms with Gasteiger partial charge in [-0.25, -0.2) is 18.4 Å². The molecule has 3 N–H and O–H groups in total. The zero-order chi connectivity index (χ0) is 19.6. The molecule has 2 aromatic carbocycles. The second kappa shape index (κ2) is 7.29. The Morgan fingerprint density at radius 2 is 1.96 bits per heavy atom. The summed E-state index contributed by atoms with van der Waals surface area (Å²) in [5.74, 6) is -1.41. The van der Waals surface area contributed by atoms with Gasteiger partial charge in [-0.2, -0.15) is 0 Å². The Hall–Kier alpha value is -3.04. The Kier molecular flexibility index (Phi) is 5.06. The maximum absolute atomic E-state index is 12.2. The number of hydrogen-bond acceptors (Lipinski definition) is 6. The van der Waals surface area contributed by atoms with E-state index in [-0.39, 0.29) is 17.4 Å². The number of ether oxygens (including phenoxy) is 1. The number of carbonyl (C=O) groups is 2. The Balaban J connectivity index is 1.86. The van der Waals surface area contributed by atoms with Crippen molar-refractivity contribution < 1.29 is 22.7 Å². The van der Waals surface area contributed by atoms with E-state index >= 15 is 0 Å². The first-order valence-electron chi connectivity index (χ1n) is 8.08. The molecule has 0 aromatic heterocycles. The monoisotopic (exact) mass is 387 g/mol. The van der Waals surface area contributed by atoms with Crippen LogP contribution in [0.3, 0.4) is 0 Å². The van der Waals surface area contributed by atoms with Gasteiger partial charge in [-0.3, -0.25) is 9.79 Å². The van der Waals surface area contributed by atoms with Crippen LogP contribution in [0.1, 0.15) is 28.8 Å². The van der Waals surface area contributed by atoms with Gasteiger partial charge in [0.15, 0.2) is 0 Å². The van der Waals surface area contributed by atoms with Gasteiger partial charge in [0.25, 0.3) is 0 Å². The van der Waals surface area contributed by atoms with Crippen LogP contribution in [0.4, 0.5) is 11.4 Å². The number of benzene rings is 2. The van der Waals surface area contributed by atoms with Crippen molar-refractivity contribution in [3.8, 4) is 0 Å². The fraction of sp³-hybridized carbons (Fsp3) is 0.167.